The molecule has 0 aliphatic carbocycles. The van der Waals surface area contributed by atoms with Crippen LogP contribution in [-0.2, 0) is 9.53 Å². The minimum Gasteiger partial charge on any atom is -0.366 e. The first-order valence-corrected chi connectivity index (χ1v) is 6.78. The third kappa shape index (κ3) is 2.77. The Hall–Kier alpha value is -2.29. The molecule has 1 amide bonds. The Labute approximate surface area is 121 Å². The summed E-state index contributed by atoms with van der Waals surface area (Å²) in [5, 5.41) is 10.9. The number of carbonyl (C=O) groups is 1. The van der Waals surface area contributed by atoms with E-state index in [-0.39, 0.29) is 18.1 Å². The van der Waals surface area contributed by atoms with Crippen LogP contribution in [0.15, 0.2) is 12.7 Å². The molecule has 1 aliphatic heterocycles. The zero-order chi connectivity index (χ0) is 14.8. The standard InChI is InChI=1S/C12H17N7O2/c1-8(19-7-13-6-14-19)12(20)18-3-4-21-10(5-18)11-15-9(2)16-17-11/h6-8,10H,3-5H2,1-2H3,(H,15,16,17)/t8-,10+/m0/s1. The minimum atomic E-state index is -0.389. The number of amides is 1. The van der Waals surface area contributed by atoms with Crippen molar-refractivity contribution >= 4 is 5.91 Å². The van der Waals surface area contributed by atoms with Crippen molar-refractivity contribution in [2.75, 3.05) is 19.7 Å². The summed E-state index contributed by atoms with van der Waals surface area (Å²) in [6.07, 6.45) is 2.66. The van der Waals surface area contributed by atoms with Crippen molar-refractivity contribution in [2.45, 2.75) is 26.0 Å². The summed E-state index contributed by atoms with van der Waals surface area (Å²) < 4.78 is 7.20. The largest absolute Gasteiger partial charge is 0.366 e. The zero-order valence-corrected chi connectivity index (χ0v) is 11.9. The summed E-state index contributed by atoms with van der Waals surface area (Å²) in [4.78, 5) is 22.4. The van der Waals surface area contributed by atoms with Gasteiger partial charge in [0.25, 0.3) is 0 Å². The lowest BCUT2D eigenvalue weighted by atomic mass is 10.2. The summed E-state index contributed by atoms with van der Waals surface area (Å²) in [6.45, 7) is 5.09. The molecule has 2 atom stereocenters. The molecule has 112 valence electrons. The quantitative estimate of drug-likeness (QED) is 0.845. The fraction of sp³-hybridized carbons (Fsp3) is 0.583. The number of morpholine rings is 1. The smallest absolute Gasteiger partial charge is 0.247 e. The number of aromatic amines is 1. The third-order valence-electron chi connectivity index (χ3n) is 3.47. The number of aryl methyl sites for hydroxylation is 1. The average Bonchev–Trinajstić information content (AvgIpc) is 3.17. The van der Waals surface area contributed by atoms with Crippen LogP contribution in [0.4, 0.5) is 0 Å². The van der Waals surface area contributed by atoms with E-state index < -0.39 is 0 Å². The van der Waals surface area contributed by atoms with E-state index in [1.807, 2.05) is 6.92 Å². The maximum atomic E-state index is 12.5. The number of nitrogens with one attached hydrogen (secondary N) is 1. The Bertz CT molecular complexity index is 609. The van der Waals surface area contributed by atoms with Gasteiger partial charge in [0.1, 0.15) is 30.6 Å². The number of rotatable bonds is 3. The number of hydrogen-bond acceptors (Lipinski definition) is 6. The SMILES string of the molecule is Cc1nc([C@H]2CN(C(=O)[C@H](C)n3cncn3)CCO2)n[nH]1. The van der Waals surface area contributed by atoms with Crippen LogP contribution in [0.2, 0.25) is 0 Å². The number of H-pyrrole nitrogens is 1. The van der Waals surface area contributed by atoms with E-state index in [1.54, 1.807) is 22.8 Å². The lowest BCUT2D eigenvalue weighted by Crippen LogP contribution is -2.45. The van der Waals surface area contributed by atoms with Gasteiger partial charge in [-0.2, -0.15) is 10.2 Å². The van der Waals surface area contributed by atoms with Crippen LogP contribution in [0.25, 0.3) is 0 Å². The van der Waals surface area contributed by atoms with E-state index in [0.717, 1.165) is 5.82 Å². The van der Waals surface area contributed by atoms with E-state index in [2.05, 4.69) is 25.3 Å². The zero-order valence-electron chi connectivity index (χ0n) is 11.9. The molecule has 0 aromatic carbocycles. The van der Waals surface area contributed by atoms with Crippen LogP contribution in [0.1, 0.15) is 30.7 Å². The molecule has 9 heteroatoms. The van der Waals surface area contributed by atoms with Crippen LogP contribution >= 0.6 is 0 Å². The van der Waals surface area contributed by atoms with Gasteiger partial charge >= 0.3 is 0 Å². The number of aromatic nitrogens is 6. The van der Waals surface area contributed by atoms with E-state index in [9.17, 15) is 4.79 Å². The average molecular weight is 291 g/mol. The van der Waals surface area contributed by atoms with Crippen LogP contribution < -0.4 is 0 Å². The maximum Gasteiger partial charge on any atom is 0.247 e. The fourth-order valence-electron chi connectivity index (χ4n) is 2.30. The highest BCUT2D eigenvalue weighted by molar-refractivity contribution is 5.80. The van der Waals surface area contributed by atoms with Gasteiger partial charge < -0.3 is 9.64 Å². The number of nitrogens with zero attached hydrogens (tertiary/aromatic N) is 6. The number of carbonyl (C=O) groups excluding carboxylic acids is 1. The molecular formula is C12H17N7O2. The van der Waals surface area contributed by atoms with Crippen molar-refractivity contribution in [1.82, 2.24) is 34.8 Å². The Kier molecular flexibility index (Phi) is 3.65. The predicted molar refractivity (Wildman–Crippen MR) is 71.1 cm³/mol. The van der Waals surface area contributed by atoms with Gasteiger partial charge in [-0.25, -0.2) is 14.6 Å². The van der Waals surface area contributed by atoms with E-state index in [1.165, 1.54) is 6.33 Å². The van der Waals surface area contributed by atoms with Gasteiger partial charge in [-0.15, -0.1) is 0 Å². The minimum absolute atomic E-state index is 0.0129. The first-order chi connectivity index (χ1) is 10.1. The van der Waals surface area contributed by atoms with Gasteiger partial charge in [-0.1, -0.05) is 0 Å². The van der Waals surface area contributed by atoms with Crippen molar-refractivity contribution in [3.63, 3.8) is 0 Å². The van der Waals surface area contributed by atoms with Crippen molar-refractivity contribution in [2.24, 2.45) is 0 Å². The van der Waals surface area contributed by atoms with Crippen LogP contribution in [-0.4, -0.2) is 60.4 Å². The normalized spacial score (nSPS) is 20.5. The second kappa shape index (κ2) is 5.60. The Morgan fingerprint density at radius 3 is 3.10 bits per heavy atom. The molecule has 1 fully saturated rings. The van der Waals surface area contributed by atoms with Crippen molar-refractivity contribution in [3.8, 4) is 0 Å². The second-order valence-corrected chi connectivity index (χ2v) is 4.97. The Balaban J connectivity index is 1.69. The third-order valence-corrected chi connectivity index (χ3v) is 3.47. The maximum absolute atomic E-state index is 12.5. The van der Waals surface area contributed by atoms with Crippen LogP contribution in [0.3, 0.4) is 0 Å². The van der Waals surface area contributed by atoms with Crippen molar-refractivity contribution in [3.05, 3.63) is 24.3 Å². The highest BCUT2D eigenvalue weighted by Crippen LogP contribution is 2.21. The van der Waals surface area contributed by atoms with Gasteiger partial charge in [0.15, 0.2) is 5.82 Å². The van der Waals surface area contributed by atoms with Crippen LogP contribution in [0.5, 0.6) is 0 Å². The van der Waals surface area contributed by atoms with Crippen molar-refractivity contribution in [1.29, 1.82) is 0 Å². The molecule has 2 aromatic rings. The molecule has 0 radical (unpaired) electrons. The molecule has 3 heterocycles. The van der Waals surface area contributed by atoms with Gasteiger partial charge in [0, 0.05) is 6.54 Å². The molecule has 1 saturated heterocycles. The molecule has 0 saturated carbocycles. The molecule has 0 unspecified atom stereocenters. The molecule has 0 spiro atoms. The molecule has 2 aromatic heterocycles. The summed E-state index contributed by atoms with van der Waals surface area (Å²) in [6, 6.07) is -0.389. The van der Waals surface area contributed by atoms with Gasteiger partial charge in [0.05, 0.1) is 13.2 Å². The molecule has 0 bridgehead atoms. The molecule has 1 N–H and O–H groups in total. The molecular weight excluding hydrogens is 274 g/mol. The van der Waals surface area contributed by atoms with Crippen LogP contribution in [0, 0.1) is 6.92 Å². The van der Waals surface area contributed by atoms with E-state index >= 15 is 0 Å². The summed E-state index contributed by atoms with van der Waals surface area (Å²) in [5.74, 6) is 1.30. The monoisotopic (exact) mass is 291 g/mol. The van der Waals surface area contributed by atoms with Gasteiger partial charge in [-0.05, 0) is 13.8 Å². The summed E-state index contributed by atoms with van der Waals surface area (Å²) >= 11 is 0. The first-order valence-electron chi connectivity index (χ1n) is 6.78. The first kappa shape index (κ1) is 13.7. The fourth-order valence-corrected chi connectivity index (χ4v) is 2.30. The second-order valence-electron chi connectivity index (χ2n) is 4.97. The summed E-state index contributed by atoms with van der Waals surface area (Å²) in [7, 11) is 0. The predicted octanol–water partition coefficient (Wildman–Crippen LogP) is -0.134. The lowest BCUT2D eigenvalue weighted by molar-refractivity contribution is -0.142. The molecule has 3 rings (SSSR count). The highest BCUT2D eigenvalue weighted by Gasteiger charge is 2.30. The molecule has 9 nitrogen and oxygen atoms in total. The van der Waals surface area contributed by atoms with Crippen molar-refractivity contribution < 1.29 is 9.53 Å². The summed E-state index contributed by atoms with van der Waals surface area (Å²) in [5.41, 5.74) is 0. The molecule has 1 aliphatic rings. The number of ether oxygens (including phenoxy) is 1. The lowest BCUT2D eigenvalue weighted by Gasteiger charge is -2.33. The van der Waals surface area contributed by atoms with Gasteiger partial charge in [0.2, 0.25) is 5.91 Å². The highest BCUT2D eigenvalue weighted by atomic mass is 16.5. The molecule has 21 heavy (non-hydrogen) atoms. The number of hydrogen-bond donors (Lipinski definition) is 1. The van der Waals surface area contributed by atoms with Gasteiger partial charge in [-0.3, -0.25) is 9.89 Å². The van der Waals surface area contributed by atoms with E-state index in [4.69, 9.17) is 4.74 Å². The van der Waals surface area contributed by atoms with E-state index in [0.29, 0.717) is 25.5 Å². The Morgan fingerprint density at radius 2 is 2.43 bits per heavy atom. The Morgan fingerprint density at radius 1 is 1.57 bits per heavy atom. The topological polar surface area (TPSA) is 102 Å².